The average molecular weight is 334 g/mol. The van der Waals surface area contributed by atoms with E-state index in [1.165, 1.54) is 5.56 Å². The number of hydrogen-bond acceptors (Lipinski definition) is 1. The molecule has 1 atom stereocenters. The molecule has 1 heterocycles. The van der Waals surface area contributed by atoms with E-state index in [-0.39, 0.29) is 5.82 Å². The number of fused-ring (bicyclic) bond motifs is 1. The van der Waals surface area contributed by atoms with E-state index in [1.807, 2.05) is 12.1 Å². The van der Waals surface area contributed by atoms with Gasteiger partial charge in [-0.3, -0.25) is 0 Å². The van der Waals surface area contributed by atoms with Crippen molar-refractivity contribution >= 4 is 21.6 Å². The van der Waals surface area contributed by atoms with Gasteiger partial charge in [-0.25, -0.2) is 4.39 Å². The molecule has 20 heavy (non-hydrogen) atoms. The second-order valence-corrected chi connectivity index (χ2v) is 6.18. The van der Waals surface area contributed by atoms with Crippen molar-refractivity contribution in [2.45, 2.75) is 31.7 Å². The van der Waals surface area contributed by atoms with Gasteiger partial charge in [0.1, 0.15) is 5.82 Å². The van der Waals surface area contributed by atoms with E-state index in [1.54, 1.807) is 6.07 Å². The SMILES string of the molecule is Fc1cc2c(cc1Br)NC(CCc1ccccc1)CC2. The minimum Gasteiger partial charge on any atom is -0.382 e. The first kappa shape index (κ1) is 13.6. The molecule has 0 aliphatic carbocycles. The monoisotopic (exact) mass is 333 g/mol. The molecule has 2 aromatic rings. The third kappa shape index (κ3) is 3.04. The zero-order chi connectivity index (χ0) is 13.9. The highest BCUT2D eigenvalue weighted by molar-refractivity contribution is 9.10. The van der Waals surface area contributed by atoms with Crippen LogP contribution in [0.5, 0.6) is 0 Å². The largest absolute Gasteiger partial charge is 0.382 e. The van der Waals surface area contributed by atoms with Gasteiger partial charge >= 0.3 is 0 Å². The number of halogens is 2. The molecule has 0 saturated heterocycles. The molecule has 1 N–H and O–H groups in total. The molecule has 0 aromatic heterocycles. The van der Waals surface area contributed by atoms with E-state index < -0.39 is 0 Å². The Labute approximate surface area is 127 Å². The Bertz CT molecular complexity index is 597. The number of hydrogen-bond donors (Lipinski definition) is 1. The molecule has 0 bridgehead atoms. The first-order valence-electron chi connectivity index (χ1n) is 7.01. The molecule has 0 radical (unpaired) electrons. The van der Waals surface area contributed by atoms with Gasteiger partial charge in [0.25, 0.3) is 0 Å². The molecule has 0 amide bonds. The normalized spacial score (nSPS) is 17.4. The highest BCUT2D eigenvalue weighted by Gasteiger charge is 2.19. The lowest BCUT2D eigenvalue weighted by Crippen LogP contribution is -2.26. The van der Waals surface area contributed by atoms with E-state index in [4.69, 9.17) is 0 Å². The fraction of sp³-hybridized carbons (Fsp3) is 0.294. The first-order valence-corrected chi connectivity index (χ1v) is 7.80. The zero-order valence-corrected chi connectivity index (χ0v) is 12.8. The topological polar surface area (TPSA) is 12.0 Å². The maximum absolute atomic E-state index is 13.5. The van der Waals surface area contributed by atoms with Crippen molar-refractivity contribution in [1.29, 1.82) is 0 Å². The molecule has 0 fully saturated rings. The highest BCUT2D eigenvalue weighted by Crippen LogP contribution is 2.31. The Morgan fingerprint density at radius 1 is 1.20 bits per heavy atom. The van der Waals surface area contributed by atoms with Crippen molar-refractivity contribution in [2.75, 3.05) is 5.32 Å². The molecule has 104 valence electrons. The lowest BCUT2D eigenvalue weighted by Gasteiger charge is -2.27. The molecular weight excluding hydrogens is 317 g/mol. The van der Waals surface area contributed by atoms with E-state index in [9.17, 15) is 4.39 Å². The van der Waals surface area contributed by atoms with E-state index in [0.717, 1.165) is 36.9 Å². The van der Waals surface area contributed by atoms with Gasteiger partial charge < -0.3 is 5.32 Å². The Morgan fingerprint density at radius 3 is 2.80 bits per heavy atom. The molecule has 3 rings (SSSR count). The van der Waals surface area contributed by atoms with Gasteiger partial charge in [0, 0.05) is 11.7 Å². The molecule has 2 aromatic carbocycles. The first-order chi connectivity index (χ1) is 9.72. The second-order valence-electron chi connectivity index (χ2n) is 5.33. The molecule has 1 aliphatic rings. The maximum Gasteiger partial charge on any atom is 0.137 e. The van der Waals surface area contributed by atoms with Gasteiger partial charge in [-0.05, 0) is 64.9 Å². The van der Waals surface area contributed by atoms with Crippen molar-refractivity contribution in [2.24, 2.45) is 0 Å². The highest BCUT2D eigenvalue weighted by atomic mass is 79.9. The summed E-state index contributed by atoms with van der Waals surface area (Å²) in [5.74, 6) is -0.173. The Balaban J connectivity index is 1.65. The Morgan fingerprint density at radius 2 is 2.00 bits per heavy atom. The minimum absolute atomic E-state index is 0.173. The van der Waals surface area contributed by atoms with Crippen LogP contribution < -0.4 is 5.32 Å². The summed E-state index contributed by atoms with van der Waals surface area (Å²) >= 11 is 3.25. The Hall–Kier alpha value is -1.35. The van der Waals surface area contributed by atoms with Crippen LogP contribution >= 0.6 is 15.9 Å². The van der Waals surface area contributed by atoms with E-state index in [2.05, 4.69) is 45.5 Å². The molecule has 3 heteroatoms. The molecule has 1 nitrogen and oxygen atoms in total. The number of anilines is 1. The summed E-state index contributed by atoms with van der Waals surface area (Å²) < 4.78 is 14.0. The van der Waals surface area contributed by atoms with Crippen LogP contribution in [-0.2, 0) is 12.8 Å². The average Bonchev–Trinajstić information content (AvgIpc) is 2.47. The molecule has 1 unspecified atom stereocenters. The summed E-state index contributed by atoms with van der Waals surface area (Å²) in [4.78, 5) is 0. The number of aryl methyl sites for hydroxylation is 2. The number of nitrogens with one attached hydrogen (secondary N) is 1. The van der Waals surface area contributed by atoms with Crippen LogP contribution in [0.1, 0.15) is 24.0 Å². The zero-order valence-electron chi connectivity index (χ0n) is 11.2. The number of rotatable bonds is 3. The summed E-state index contributed by atoms with van der Waals surface area (Å²) in [7, 11) is 0. The van der Waals surface area contributed by atoms with Gasteiger partial charge in [0.05, 0.1) is 4.47 Å². The van der Waals surface area contributed by atoms with Crippen molar-refractivity contribution in [3.8, 4) is 0 Å². The summed E-state index contributed by atoms with van der Waals surface area (Å²) in [6.07, 6.45) is 4.21. The predicted octanol–water partition coefficient (Wildman–Crippen LogP) is 4.95. The van der Waals surface area contributed by atoms with Crippen molar-refractivity contribution in [3.05, 3.63) is 63.9 Å². The van der Waals surface area contributed by atoms with Crippen LogP contribution in [-0.4, -0.2) is 6.04 Å². The third-order valence-electron chi connectivity index (χ3n) is 3.89. The van der Waals surface area contributed by atoms with Gasteiger partial charge in [0.15, 0.2) is 0 Å². The second kappa shape index (κ2) is 5.96. The van der Waals surface area contributed by atoms with Crippen LogP contribution in [0.3, 0.4) is 0 Å². The van der Waals surface area contributed by atoms with Crippen LogP contribution in [0, 0.1) is 5.82 Å². The van der Waals surface area contributed by atoms with Crippen molar-refractivity contribution < 1.29 is 4.39 Å². The maximum atomic E-state index is 13.5. The quantitative estimate of drug-likeness (QED) is 0.838. The van der Waals surface area contributed by atoms with Gasteiger partial charge in [0.2, 0.25) is 0 Å². The Kier molecular flexibility index (Phi) is 4.06. The predicted molar refractivity (Wildman–Crippen MR) is 84.6 cm³/mol. The van der Waals surface area contributed by atoms with Crippen molar-refractivity contribution in [1.82, 2.24) is 0 Å². The van der Waals surface area contributed by atoms with Crippen LogP contribution in [0.25, 0.3) is 0 Å². The lowest BCUT2D eigenvalue weighted by molar-refractivity contribution is 0.577. The van der Waals surface area contributed by atoms with E-state index >= 15 is 0 Å². The summed E-state index contributed by atoms with van der Waals surface area (Å²) in [5.41, 5.74) is 3.53. The fourth-order valence-electron chi connectivity index (χ4n) is 2.75. The van der Waals surface area contributed by atoms with Crippen LogP contribution in [0.2, 0.25) is 0 Å². The molecular formula is C17H17BrFN. The summed E-state index contributed by atoms with van der Waals surface area (Å²) in [5, 5.41) is 3.54. The standard InChI is InChI=1S/C17H17BrFN/c18-15-11-17-13(10-16(15)19)7-9-14(20-17)8-6-12-4-2-1-3-5-12/h1-5,10-11,14,20H,6-9H2. The van der Waals surface area contributed by atoms with E-state index in [0.29, 0.717) is 10.5 Å². The van der Waals surface area contributed by atoms with Gasteiger partial charge in [-0.2, -0.15) is 0 Å². The lowest BCUT2D eigenvalue weighted by atomic mass is 9.94. The third-order valence-corrected chi connectivity index (χ3v) is 4.50. The summed E-state index contributed by atoms with van der Waals surface area (Å²) in [6.45, 7) is 0. The fourth-order valence-corrected chi connectivity index (χ4v) is 3.10. The number of benzene rings is 2. The minimum atomic E-state index is -0.173. The summed E-state index contributed by atoms with van der Waals surface area (Å²) in [6, 6.07) is 14.5. The van der Waals surface area contributed by atoms with Gasteiger partial charge in [-0.15, -0.1) is 0 Å². The molecule has 1 aliphatic heterocycles. The van der Waals surface area contributed by atoms with Crippen molar-refractivity contribution in [3.63, 3.8) is 0 Å². The van der Waals surface area contributed by atoms with Crippen LogP contribution in [0.4, 0.5) is 10.1 Å². The van der Waals surface area contributed by atoms with Crippen LogP contribution in [0.15, 0.2) is 46.9 Å². The smallest absolute Gasteiger partial charge is 0.137 e. The molecule has 0 saturated carbocycles. The molecule has 0 spiro atoms. The van der Waals surface area contributed by atoms with Gasteiger partial charge in [-0.1, -0.05) is 30.3 Å².